The summed E-state index contributed by atoms with van der Waals surface area (Å²) in [6, 6.07) is 8.40. The number of hydrogen-bond acceptors (Lipinski definition) is 3. The number of benzene rings is 1. The average Bonchev–Trinajstić information content (AvgIpc) is 2.66. The van der Waals surface area contributed by atoms with Crippen LogP contribution in [0.25, 0.3) is 0 Å². The van der Waals surface area contributed by atoms with Gasteiger partial charge in [0.25, 0.3) is 0 Å². The van der Waals surface area contributed by atoms with Crippen molar-refractivity contribution >= 4 is 0 Å². The fraction of sp³-hybridized carbons (Fsp3) is 0.647. The van der Waals surface area contributed by atoms with Crippen molar-refractivity contribution in [1.29, 1.82) is 0 Å². The Labute approximate surface area is 121 Å². The Hall–Kier alpha value is -0.900. The first-order valence-electron chi connectivity index (χ1n) is 7.90. The standard InChI is InChI=1S/C17H25NO2/c19-17-15(8-9-18-10-12-20-13-11-18)6-3-5-14-4-1-2-7-16(14)17/h1-2,4,7,15,17,19H,3,5-6,8-13H2. The second-order valence-electron chi connectivity index (χ2n) is 6.04. The molecule has 2 atom stereocenters. The number of rotatable bonds is 3. The van der Waals surface area contributed by atoms with Crippen molar-refractivity contribution in [2.45, 2.75) is 31.8 Å². The molecule has 1 aromatic rings. The highest BCUT2D eigenvalue weighted by Crippen LogP contribution is 2.35. The Morgan fingerprint density at radius 3 is 2.85 bits per heavy atom. The van der Waals surface area contributed by atoms with E-state index in [0.29, 0.717) is 5.92 Å². The van der Waals surface area contributed by atoms with Gasteiger partial charge in [-0.2, -0.15) is 0 Å². The molecular weight excluding hydrogens is 250 g/mol. The summed E-state index contributed by atoms with van der Waals surface area (Å²) >= 11 is 0. The van der Waals surface area contributed by atoms with Crippen LogP contribution >= 0.6 is 0 Å². The maximum Gasteiger partial charge on any atom is 0.0821 e. The lowest BCUT2D eigenvalue weighted by Gasteiger charge is -2.29. The van der Waals surface area contributed by atoms with Crippen molar-refractivity contribution in [1.82, 2.24) is 4.90 Å². The molecule has 1 N–H and O–H groups in total. The molecule has 0 amide bonds. The second-order valence-corrected chi connectivity index (χ2v) is 6.04. The van der Waals surface area contributed by atoms with Crippen LogP contribution in [0.15, 0.2) is 24.3 Å². The van der Waals surface area contributed by atoms with Crippen LogP contribution < -0.4 is 0 Å². The molecule has 1 heterocycles. The molecule has 3 rings (SSSR count). The minimum Gasteiger partial charge on any atom is -0.388 e. The molecule has 0 spiro atoms. The Morgan fingerprint density at radius 2 is 2.00 bits per heavy atom. The molecule has 1 aliphatic heterocycles. The molecule has 0 radical (unpaired) electrons. The van der Waals surface area contributed by atoms with Gasteiger partial charge >= 0.3 is 0 Å². The lowest BCUT2D eigenvalue weighted by Crippen LogP contribution is -2.37. The van der Waals surface area contributed by atoms with Gasteiger partial charge in [0.2, 0.25) is 0 Å². The maximum atomic E-state index is 10.7. The van der Waals surface area contributed by atoms with E-state index >= 15 is 0 Å². The minimum atomic E-state index is -0.283. The third-order valence-electron chi connectivity index (χ3n) is 4.76. The number of fused-ring (bicyclic) bond motifs is 1. The molecule has 1 aliphatic carbocycles. The first-order chi connectivity index (χ1) is 9.84. The number of nitrogens with zero attached hydrogens (tertiary/aromatic N) is 1. The van der Waals surface area contributed by atoms with Crippen molar-refractivity contribution in [2.75, 3.05) is 32.8 Å². The van der Waals surface area contributed by atoms with Crippen molar-refractivity contribution in [2.24, 2.45) is 5.92 Å². The molecule has 0 aromatic heterocycles. The highest BCUT2D eigenvalue weighted by atomic mass is 16.5. The number of aliphatic hydroxyl groups excluding tert-OH is 1. The molecule has 2 unspecified atom stereocenters. The van der Waals surface area contributed by atoms with Crippen molar-refractivity contribution in [3.8, 4) is 0 Å². The first kappa shape index (κ1) is 14.1. The van der Waals surface area contributed by atoms with Gasteiger partial charge in [0.05, 0.1) is 19.3 Å². The number of ether oxygens (including phenoxy) is 1. The summed E-state index contributed by atoms with van der Waals surface area (Å²) in [6.45, 7) is 4.89. The molecule has 20 heavy (non-hydrogen) atoms. The Balaban J connectivity index is 1.62. The molecule has 2 aliphatic rings. The van der Waals surface area contributed by atoms with E-state index in [0.717, 1.165) is 57.7 Å². The molecule has 0 bridgehead atoms. The quantitative estimate of drug-likeness (QED) is 0.860. The molecule has 1 saturated heterocycles. The van der Waals surface area contributed by atoms with Gasteiger partial charge in [0.1, 0.15) is 0 Å². The highest BCUT2D eigenvalue weighted by Gasteiger charge is 2.26. The van der Waals surface area contributed by atoms with E-state index in [1.165, 1.54) is 12.0 Å². The molecule has 1 fully saturated rings. The highest BCUT2D eigenvalue weighted by molar-refractivity contribution is 5.30. The SMILES string of the molecule is OC1c2ccccc2CCCC1CCN1CCOCC1. The fourth-order valence-electron chi connectivity index (χ4n) is 3.49. The third-order valence-corrected chi connectivity index (χ3v) is 4.76. The van der Waals surface area contributed by atoms with E-state index < -0.39 is 0 Å². The maximum absolute atomic E-state index is 10.7. The van der Waals surface area contributed by atoms with Gasteiger partial charge in [-0.15, -0.1) is 0 Å². The number of morpholine rings is 1. The Bertz CT molecular complexity index is 429. The largest absolute Gasteiger partial charge is 0.388 e. The van der Waals surface area contributed by atoms with Gasteiger partial charge in [-0.05, 0) is 49.3 Å². The molecule has 1 aromatic carbocycles. The first-order valence-corrected chi connectivity index (χ1v) is 7.90. The molecule has 0 saturated carbocycles. The summed E-state index contributed by atoms with van der Waals surface area (Å²) in [4.78, 5) is 2.47. The van der Waals surface area contributed by atoms with E-state index in [1.54, 1.807) is 0 Å². The van der Waals surface area contributed by atoms with Crippen molar-refractivity contribution in [3.63, 3.8) is 0 Å². The molecule has 3 heteroatoms. The van der Waals surface area contributed by atoms with Crippen molar-refractivity contribution < 1.29 is 9.84 Å². The summed E-state index contributed by atoms with van der Waals surface area (Å²) < 4.78 is 5.39. The van der Waals surface area contributed by atoms with Crippen LogP contribution in [0.4, 0.5) is 0 Å². The third kappa shape index (κ3) is 3.22. The Kier molecular flexibility index (Phi) is 4.71. The van der Waals surface area contributed by atoms with E-state index in [2.05, 4.69) is 23.1 Å². The smallest absolute Gasteiger partial charge is 0.0821 e. The van der Waals surface area contributed by atoms with Crippen LogP contribution in [0.2, 0.25) is 0 Å². The topological polar surface area (TPSA) is 32.7 Å². The summed E-state index contributed by atoms with van der Waals surface area (Å²) in [5.74, 6) is 0.404. The van der Waals surface area contributed by atoms with Gasteiger partial charge in [-0.3, -0.25) is 4.90 Å². The summed E-state index contributed by atoms with van der Waals surface area (Å²) in [7, 11) is 0. The zero-order valence-electron chi connectivity index (χ0n) is 12.1. The van der Waals surface area contributed by atoms with E-state index in [1.807, 2.05) is 6.07 Å². The van der Waals surface area contributed by atoms with Crippen LogP contribution in [0, 0.1) is 5.92 Å². The number of aliphatic hydroxyl groups is 1. The summed E-state index contributed by atoms with van der Waals surface area (Å²) in [6.07, 6.45) is 4.26. The van der Waals surface area contributed by atoms with Gasteiger partial charge in [-0.1, -0.05) is 24.3 Å². The minimum absolute atomic E-state index is 0.283. The normalized spacial score (nSPS) is 27.9. The fourth-order valence-corrected chi connectivity index (χ4v) is 3.49. The van der Waals surface area contributed by atoms with Gasteiger partial charge < -0.3 is 9.84 Å². The zero-order chi connectivity index (χ0) is 13.8. The van der Waals surface area contributed by atoms with Gasteiger partial charge in [-0.25, -0.2) is 0 Å². The predicted molar refractivity (Wildman–Crippen MR) is 79.7 cm³/mol. The van der Waals surface area contributed by atoms with Gasteiger partial charge in [0.15, 0.2) is 0 Å². The predicted octanol–water partition coefficient (Wildman–Crippen LogP) is 2.39. The zero-order valence-corrected chi connectivity index (χ0v) is 12.1. The van der Waals surface area contributed by atoms with Crippen molar-refractivity contribution in [3.05, 3.63) is 35.4 Å². The van der Waals surface area contributed by atoms with Crippen LogP contribution in [-0.4, -0.2) is 42.9 Å². The lowest BCUT2D eigenvalue weighted by atomic mass is 9.90. The van der Waals surface area contributed by atoms with Crippen LogP contribution in [0.3, 0.4) is 0 Å². The summed E-state index contributed by atoms with van der Waals surface area (Å²) in [5.41, 5.74) is 2.51. The van der Waals surface area contributed by atoms with Gasteiger partial charge in [0, 0.05) is 13.1 Å². The van der Waals surface area contributed by atoms with Crippen LogP contribution in [-0.2, 0) is 11.2 Å². The Morgan fingerprint density at radius 1 is 1.20 bits per heavy atom. The second kappa shape index (κ2) is 6.70. The molecular formula is C17H25NO2. The molecule has 110 valence electrons. The van der Waals surface area contributed by atoms with Crippen LogP contribution in [0.5, 0.6) is 0 Å². The van der Waals surface area contributed by atoms with Crippen LogP contribution in [0.1, 0.15) is 36.5 Å². The lowest BCUT2D eigenvalue weighted by molar-refractivity contribution is 0.0281. The average molecular weight is 275 g/mol. The summed E-state index contributed by atoms with van der Waals surface area (Å²) in [5, 5.41) is 10.7. The number of aryl methyl sites for hydroxylation is 1. The van der Waals surface area contributed by atoms with E-state index in [-0.39, 0.29) is 6.10 Å². The monoisotopic (exact) mass is 275 g/mol. The van der Waals surface area contributed by atoms with E-state index in [9.17, 15) is 5.11 Å². The van der Waals surface area contributed by atoms with E-state index in [4.69, 9.17) is 4.74 Å². The molecule has 3 nitrogen and oxygen atoms in total. The number of hydrogen-bond donors (Lipinski definition) is 1.